The Morgan fingerprint density at radius 1 is 1.17 bits per heavy atom. The zero-order valence-corrected chi connectivity index (χ0v) is 13.3. The van der Waals surface area contributed by atoms with E-state index in [0.29, 0.717) is 11.1 Å². The number of amides is 3. The third-order valence-electron chi connectivity index (χ3n) is 3.23. The molecule has 0 radical (unpaired) electrons. The van der Waals surface area contributed by atoms with Crippen LogP contribution in [0.5, 0.6) is 0 Å². The Kier molecular flexibility index (Phi) is 5.37. The highest BCUT2D eigenvalue weighted by Crippen LogP contribution is 2.22. The smallest absolute Gasteiger partial charge is 0.261 e. The van der Waals surface area contributed by atoms with E-state index in [1.807, 2.05) is 0 Å². The van der Waals surface area contributed by atoms with Gasteiger partial charge in [-0.25, -0.2) is 0 Å². The summed E-state index contributed by atoms with van der Waals surface area (Å²) in [5, 5.41) is 11.0. The molecule has 0 atom stereocenters. The van der Waals surface area contributed by atoms with Crippen LogP contribution in [-0.2, 0) is 4.79 Å². The van der Waals surface area contributed by atoms with Crippen molar-refractivity contribution in [3.05, 3.63) is 45.6 Å². The molecule has 2 rings (SSSR count). The van der Waals surface area contributed by atoms with Crippen LogP contribution in [-0.4, -0.2) is 29.2 Å². The Labute approximate surface area is 142 Å². The van der Waals surface area contributed by atoms with Crippen molar-refractivity contribution < 1.29 is 14.4 Å². The largest absolute Gasteiger partial charge is 0.315 e. The van der Waals surface area contributed by atoms with Gasteiger partial charge in [0.1, 0.15) is 10.6 Å². The van der Waals surface area contributed by atoms with E-state index in [2.05, 4.69) is 5.32 Å². The molecular weight excluding hydrogens is 341 g/mol. The topological polar surface area (TPSA) is 90.3 Å². The molecule has 0 aromatic heterocycles. The number of rotatable bonds is 5. The lowest BCUT2D eigenvalue weighted by Gasteiger charge is -2.13. The molecule has 3 amide bonds. The third-order valence-corrected chi connectivity index (χ3v) is 3.61. The van der Waals surface area contributed by atoms with Crippen LogP contribution in [0.3, 0.4) is 0 Å². The first-order valence-electron chi connectivity index (χ1n) is 6.66. The van der Waals surface area contributed by atoms with Gasteiger partial charge in [0.25, 0.3) is 11.8 Å². The van der Waals surface area contributed by atoms with Crippen LogP contribution in [0.25, 0.3) is 0 Å². The average Bonchev–Trinajstić information content (AvgIpc) is 2.77. The second-order valence-corrected chi connectivity index (χ2v) is 5.66. The average molecular weight is 352 g/mol. The molecule has 1 aromatic rings. The number of carbonyl (C=O) groups excluding carboxylic acids is 3. The van der Waals surface area contributed by atoms with E-state index in [9.17, 15) is 14.4 Å². The van der Waals surface area contributed by atoms with Crippen LogP contribution in [0.15, 0.2) is 34.5 Å². The summed E-state index contributed by atoms with van der Waals surface area (Å²) in [6.07, 6.45) is 0.273. The van der Waals surface area contributed by atoms with Gasteiger partial charge in [0, 0.05) is 13.0 Å². The fraction of sp³-hybridized carbons (Fsp3) is 0.200. The first kappa shape index (κ1) is 17.0. The number of benzene rings is 1. The molecule has 0 fully saturated rings. The maximum absolute atomic E-state index is 12.1. The van der Waals surface area contributed by atoms with Crippen molar-refractivity contribution >= 4 is 40.9 Å². The summed E-state index contributed by atoms with van der Waals surface area (Å²) in [6.45, 7) is 0.111. The molecule has 0 spiro atoms. The van der Waals surface area contributed by atoms with E-state index in [4.69, 9.17) is 28.5 Å². The van der Waals surface area contributed by atoms with E-state index < -0.39 is 5.91 Å². The Morgan fingerprint density at radius 2 is 1.74 bits per heavy atom. The predicted molar refractivity (Wildman–Crippen MR) is 83.5 cm³/mol. The highest BCUT2D eigenvalue weighted by atomic mass is 35.5. The number of nitriles is 1. The zero-order chi connectivity index (χ0) is 17.0. The van der Waals surface area contributed by atoms with Gasteiger partial charge < -0.3 is 5.32 Å². The number of nitrogens with one attached hydrogen (secondary N) is 1. The third kappa shape index (κ3) is 3.70. The minimum absolute atomic E-state index is 0.0135. The molecular formula is C15H11Cl2N3O3. The van der Waals surface area contributed by atoms with Gasteiger partial charge in [0.2, 0.25) is 5.91 Å². The number of hydrogen-bond donors (Lipinski definition) is 1. The molecule has 1 heterocycles. The maximum Gasteiger partial charge on any atom is 0.261 e. The predicted octanol–water partition coefficient (Wildman–Crippen LogP) is 2.35. The number of hydrogen-bond acceptors (Lipinski definition) is 4. The first-order chi connectivity index (χ1) is 11.0. The monoisotopic (exact) mass is 351 g/mol. The number of allylic oxidation sites excluding steroid dienone is 1. The fourth-order valence-corrected chi connectivity index (χ4v) is 2.34. The standard InChI is InChI=1S/C15H11Cl2N3O3/c16-13(17)11(8-18)19-12(21)6-3-7-20-14(22)9-4-1-2-5-10(9)15(20)23/h1-2,4-5H,3,6-7H2,(H,19,21). The molecule has 118 valence electrons. The van der Waals surface area contributed by atoms with E-state index in [1.54, 1.807) is 30.3 Å². The SMILES string of the molecule is N#CC(NC(=O)CCCN1C(=O)c2ccccc2C1=O)=C(Cl)Cl. The number of carbonyl (C=O) groups is 3. The molecule has 0 saturated heterocycles. The van der Waals surface area contributed by atoms with Crippen LogP contribution in [0.2, 0.25) is 0 Å². The molecule has 0 bridgehead atoms. The fourth-order valence-electron chi connectivity index (χ4n) is 2.16. The van der Waals surface area contributed by atoms with Crippen LogP contribution < -0.4 is 5.32 Å². The Balaban J connectivity index is 1.90. The number of halogens is 2. The molecule has 0 unspecified atom stereocenters. The lowest BCUT2D eigenvalue weighted by Crippen LogP contribution is -2.32. The normalized spacial score (nSPS) is 12.7. The van der Waals surface area contributed by atoms with Gasteiger partial charge in [-0.1, -0.05) is 35.3 Å². The minimum Gasteiger partial charge on any atom is -0.315 e. The van der Waals surface area contributed by atoms with E-state index in [1.165, 1.54) is 0 Å². The summed E-state index contributed by atoms with van der Waals surface area (Å²) in [4.78, 5) is 37.0. The molecule has 1 aromatic carbocycles. The van der Waals surface area contributed by atoms with Crippen LogP contribution in [0.1, 0.15) is 33.6 Å². The maximum atomic E-state index is 12.1. The van der Waals surface area contributed by atoms with Gasteiger partial charge in [-0.15, -0.1) is 0 Å². The molecule has 8 heteroatoms. The van der Waals surface area contributed by atoms with Crippen molar-refractivity contribution in [2.24, 2.45) is 0 Å². The summed E-state index contributed by atoms with van der Waals surface area (Å²) in [7, 11) is 0. The summed E-state index contributed by atoms with van der Waals surface area (Å²) in [5.74, 6) is -1.21. The Morgan fingerprint density at radius 3 is 2.22 bits per heavy atom. The number of imide groups is 1. The van der Waals surface area contributed by atoms with Crippen molar-refractivity contribution in [2.75, 3.05) is 6.54 Å². The van der Waals surface area contributed by atoms with Gasteiger partial charge in [-0.05, 0) is 18.6 Å². The van der Waals surface area contributed by atoms with Crippen molar-refractivity contribution in [2.45, 2.75) is 12.8 Å². The minimum atomic E-state index is -0.475. The van der Waals surface area contributed by atoms with Crippen LogP contribution in [0, 0.1) is 11.3 Å². The second-order valence-electron chi connectivity index (χ2n) is 4.71. The quantitative estimate of drug-likeness (QED) is 0.651. The highest BCUT2D eigenvalue weighted by molar-refractivity contribution is 6.56. The number of nitrogens with zero attached hydrogens (tertiary/aromatic N) is 2. The van der Waals surface area contributed by atoms with Gasteiger partial charge in [-0.2, -0.15) is 5.26 Å². The lowest BCUT2D eigenvalue weighted by atomic mass is 10.1. The second kappa shape index (κ2) is 7.27. The van der Waals surface area contributed by atoms with Crippen molar-refractivity contribution in [1.29, 1.82) is 5.26 Å². The molecule has 23 heavy (non-hydrogen) atoms. The van der Waals surface area contributed by atoms with Crippen molar-refractivity contribution in [3.8, 4) is 6.07 Å². The van der Waals surface area contributed by atoms with Crippen LogP contribution in [0.4, 0.5) is 0 Å². The van der Waals surface area contributed by atoms with Gasteiger partial charge >= 0.3 is 0 Å². The van der Waals surface area contributed by atoms with Gasteiger partial charge in [0.15, 0.2) is 5.70 Å². The Bertz CT molecular complexity index is 714. The molecule has 6 nitrogen and oxygen atoms in total. The van der Waals surface area contributed by atoms with Gasteiger partial charge in [-0.3, -0.25) is 19.3 Å². The summed E-state index contributed by atoms with van der Waals surface area (Å²) < 4.78 is -0.332. The summed E-state index contributed by atoms with van der Waals surface area (Å²) in [5.41, 5.74) is 0.496. The summed E-state index contributed by atoms with van der Waals surface area (Å²) in [6, 6.07) is 8.21. The van der Waals surface area contributed by atoms with E-state index in [-0.39, 0.29) is 41.4 Å². The highest BCUT2D eigenvalue weighted by Gasteiger charge is 2.34. The molecule has 1 aliphatic rings. The van der Waals surface area contributed by atoms with Crippen molar-refractivity contribution in [3.63, 3.8) is 0 Å². The van der Waals surface area contributed by atoms with E-state index in [0.717, 1.165) is 4.90 Å². The first-order valence-corrected chi connectivity index (χ1v) is 7.41. The molecule has 0 saturated carbocycles. The molecule has 1 aliphatic heterocycles. The van der Waals surface area contributed by atoms with Gasteiger partial charge in [0.05, 0.1) is 11.1 Å². The van der Waals surface area contributed by atoms with E-state index >= 15 is 0 Å². The zero-order valence-electron chi connectivity index (χ0n) is 11.8. The molecule has 0 aliphatic carbocycles. The summed E-state index contributed by atoms with van der Waals surface area (Å²) >= 11 is 10.9. The number of fused-ring (bicyclic) bond motifs is 1. The molecule has 1 N–H and O–H groups in total. The Hall–Kier alpha value is -2.36. The lowest BCUT2D eigenvalue weighted by molar-refractivity contribution is -0.120. The van der Waals surface area contributed by atoms with Crippen LogP contribution >= 0.6 is 23.2 Å². The van der Waals surface area contributed by atoms with Crippen molar-refractivity contribution in [1.82, 2.24) is 10.2 Å².